The largest absolute Gasteiger partial charge is 0.307 e. The summed E-state index contributed by atoms with van der Waals surface area (Å²) in [6.07, 6.45) is 3.80. The number of Topliss-reactive ketones (excluding diaryl/α,β-unsaturated/α-hetero) is 1. The fourth-order valence-electron chi connectivity index (χ4n) is 4.22. The highest BCUT2D eigenvalue weighted by atomic mass is 16.1. The minimum Gasteiger partial charge on any atom is -0.307 e. The van der Waals surface area contributed by atoms with Gasteiger partial charge in [-0.15, -0.1) is 0 Å². The third kappa shape index (κ3) is 1.78. The van der Waals surface area contributed by atoms with Crippen LogP contribution in [0.15, 0.2) is 23.9 Å². The van der Waals surface area contributed by atoms with Gasteiger partial charge in [0.2, 0.25) is 5.70 Å². The predicted molar refractivity (Wildman–Crippen MR) is 81.6 cm³/mol. The molecule has 2 aliphatic carbocycles. The molecule has 0 amide bonds. The third-order valence-corrected chi connectivity index (χ3v) is 5.30. The Morgan fingerprint density at radius 1 is 1.33 bits per heavy atom. The van der Waals surface area contributed by atoms with Crippen molar-refractivity contribution in [2.24, 2.45) is 11.3 Å². The molecular formula is C18H20N2O. The molecule has 1 aromatic rings. The van der Waals surface area contributed by atoms with Crippen LogP contribution in [0.3, 0.4) is 0 Å². The summed E-state index contributed by atoms with van der Waals surface area (Å²) < 4.78 is 0. The summed E-state index contributed by atoms with van der Waals surface area (Å²) in [5.74, 6) is 0.181. The van der Waals surface area contributed by atoms with Gasteiger partial charge in [0.05, 0.1) is 12.3 Å². The maximum Gasteiger partial charge on any atom is 0.226 e. The molecule has 0 fully saturated rings. The van der Waals surface area contributed by atoms with E-state index in [1.54, 1.807) is 0 Å². The second-order valence-corrected chi connectivity index (χ2v) is 7.03. The summed E-state index contributed by atoms with van der Waals surface area (Å²) in [6, 6.07) is 4.19. The van der Waals surface area contributed by atoms with E-state index in [9.17, 15) is 4.79 Å². The molecule has 0 unspecified atom stereocenters. The fraction of sp³-hybridized carbons (Fsp3) is 0.500. The van der Waals surface area contributed by atoms with Gasteiger partial charge in [0.1, 0.15) is 0 Å². The topological polar surface area (TPSA) is 34.3 Å². The zero-order chi connectivity index (χ0) is 15.4. The van der Waals surface area contributed by atoms with Crippen molar-refractivity contribution in [3.63, 3.8) is 0 Å². The zero-order valence-electron chi connectivity index (χ0n) is 13.0. The van der Waals surface area contributed by atoms with E-state index in [2.05, 4.69) is 17.8 Å². The minimum absolute atomic E-state index is 0.0175. The van der Waals surface area contributed by atoms with Crippen molar-refractivity contribution in [1.29, 1.82) is 0 Å². The molecule has 2 atom stereocenters. The lowest BCUT2D eigenvalue weighted by Crippen LogP contribution is -2.51. The number of aryl methyl sites for hydroxylation is 2. The highest BCUT2D eigenvalue weighted by molar-refractivity contribution is 6.02. The normalized spacial score (nSPS) is 30.0. The van der Waals surface area contributed by atoms with Crippen molar-refractivity contribution in [2.45, 2.75) is 46.0 Å². The van der Waals surface area contributed by atoms with Crippen LogP contribution >= 0.6 is 0 Å². The van der Waals surface area contributed by atoms with E-state index in [0.29, 0.717) is 0 Å². The highest BCUT2D eigenvalue weighted by Crippen LogP contribution is 2.54. The van der Waals surface area contributed by atoms with Crippen LogP contribution < -0.4 is 0 Å². The highest BCUT2D eigenvalue weighted by Gasteiger charge is 2.54. The first-order chi connectivity index (χ1) is 9.80. The van der Waals surface area contributed by atoms with Gasteiger partial charge >= 0.3 is 0 Å². The van der Waals surface area contributed by atoms with Crippen molar-refractivity contribution in [2.75, 3.05) is 0 Å². The SMILES string of the molecule is [C-]#[N+]C1=C[C@]2(C)c3nc(C)ccc3CC[C@H]2C(C)(C)C1=O. The second-order valence-electron chi connectivity index (χ2n) is 7.03. The van der Waals surface area contributed by atoms with Crippen LogP contribution in [0.4, 0.5) is 0 Å². The standard InChI is InChI=1S/C18H20N2O/c1-11-6-7-12-8-9-14-17(2,3)16(21)13(19-5)10-18(14,4)15(12)20-11/h6-7,10,14H,8-9H2,1-4H3/t14-,18-/m0/s1. The molecule has 1 heterocycles. The van der Waals surface area contributed by atoms with E-state index >= 15 is 0 Å². The Kier molecular flexibility index (Phi) is 2.85. The van der Waals surface area contributed by atoms with Crippen LogP contribution in [-0.2, 0) is 16.6 Å². The number of pyridine rings is 1. The maximum atomic E-state index is 12.6. The number of hydrogen-bond acceptors (Lipinski definition) is 2. The molecule has 0 aliphatic heterocycles. The summed E-state index contributed by atoms with van der Waals surface area (Å²) in [5, 5.41) is 0. The van der Waals surface area contributed by atoms with Gasteiger partial charge in [-0.25, -0.2) is 4.85 Å². The van der Waals surface area contributed by atoms with Crippen molar-refractivity contribution in [3.8, 4) is 0 Å². The van der Waals surface area contributed by atoms with E-state index in [4.69, 9.17) is 11.6 Å². The molecule has 0 bridgehead atoms. The smallest absolute Gasteiger partial charge is 0.226 e. The van der Waals surface area contributed by atoms with Crippen LogP contribution in [-0.4, -0.2) is 10.8 Å². The number of allylic oxidation sites excluding steroid dienone is 2. The molecule has 0 spiro atoms. The van der Waals surface area contributed by atoms with Crippen LogP contribution in [0.1, 0.15) is 44.1 Å². The van der Waals surface area contributed by atoms with E-state index in [1.807, 2.05) is 32.9 Å². The van der Waals surface area contributed by atoms with E-state index in [0.717, 1.165) is 24.2 Å². The van der Waals surface area contributed by atoms with Gasteiger partial charge in [-0.2, -0.15) is 0 Å². The number of carbonyl (C=O) groups is 1. The minimum atomic E-state index is -0.507. The van der Waals surface area contributed by atoms with Crippen molar-refractivity contribution in [3.05, 3.63) is 52.3 Å². The predicted octanol–water partition coefficient (Wildman–Crippen LogP) is 3.62. The fourth-order valence-corrected chi connectivity index (χ4v) is 4.22. The lowest BCUT2D eigenvalue weighted by atomic mass is 9.53. The zero-order valence-corrected chi connectivity index (χ0v) is 13.0. The molecule has 21 heavy (non-hydrogen) atoms. The van der Waals surface area contributed by atoms with E-state index in [1.165, 1.54) is 5.56 Å². The first-order valence-electron chi connectivity index (χ1n) is 7.43. The first-order valence-corrected chi connectivity index (χ1v) is 7.43. The Morgan fingerprint density at radius 3 is 2.71 bits per heavy atom. The van der Waals surface area contributed by atoms with Crippen molar-refractivity contribution >= 4 is 5.78 Å². The molecule has 0 N–H and O–H groups in total. The number of rotatable bonds is 0. The number of nitrogens with zero attached hydrogens (tertiary/aromatic N) is 2. The molecule has 3 nitrogen and oxygen atoms in total. The second kappa shape index (κ2) is 4.27. The average Bonchev–Trinajstić information content (AvgIpc) is 2.43. The van der Waals surface area contributed by atoms with Crippen molar-refractivity contribution in [1.82, 2.24) is 4.98 Å². The van der Waals surface area contributed by atoms with Gasteiger partial charge in [0, 0.05) is 16.5 Å². The number of aromatic nitrogens is 1. The Balaban J connectivity index is 2.30. The summed E-state index contributed by atoms with van der Waals surface area (Å²) in [6.45, 7) is 15.4. The van der Waals surface area contributed by atoms with Gasteiger partial charge in [0.15, 0.2) is 5.78 Å². The summed E-state index contributed by atoms with van der Waals surface area (Å²) in [4.78, 5) is 20.8. The Hall–Kier alpha value is -1.95. The van der Waals surface area contributed by atoms with E-state index < -0.39 is 5.41 Å². The Labute approximate surface area is 125 Å². The summed E-state index contributed by atoms with van der Waals surface area (Å²) >= 11 is 0. The monoisotopic (exact) mass is 280 g/mol. The lowest BCUT2D eigenvalue weighted by molar-refractivity contribution is -0.128. The molecule has 3 rings (SSSR count). The van der Waals surface area contributed by atoms with E-state index in [-0.39, 0.29) is 22.8 Å². The Bertz CT molecular complexity index is 708. The quantitative estimate of drug-likeness (QED) is 0.680. The molecule has 1 aromatic heterocycles. The van der Waals surface area contributed by atoms with Crippen molar-refractivity contribution < 1.29 is 4.79 Å². The number of ketones is 1. The third-order valence-electron chi connectivity index (χ3n) is 5.30. The van der Waals surface area contributed by atoms with Gasteiger partial charge in [0.25, 0.3) is 0 Å². The molecule has 2 aliphatic rings. The summed E-state index contributed by atoms with van der Waals surface area (Å²) in [5.41, 5.74) is 2.74. The van der Waals surface area contributed by atoms with Crippen LogP contribution in [0.2, 0.25) is 0 Å². The molecule has 0 aromatic carbocycles. The van der Waals surface area contributed by atoms with Crippen LogP contribution in [0.25, 0.3) is 4.85 Å². The Morgan fingerprint density at radius 2 is 2.05 bits per heavy atom. The molecule has 108 valence electrons. The molecule has 0 saturated heterocycles. The number of hydrogen-bond donors (Lipinski definition) is 0. The van der Waals surface area contributed by atoms with Gasteiger partial charge in [-0.1, -0.05) is 32.9 Å². The van der Waals surface area contributed by atoms with Crippen LogP contribution in [0.5, 0.6) is 0 Å². The lowest BCUT2D eigenvalue weighted by Gasteiger charge is -2.50. The van der Waals surface area contributed by atoms with Crippen LogP contribution in [0, 0.1) is 24.8 Å². The molecule has 3 heteroatoms. The molecule has 0 radical (unpaired) electrons. The maximum absolute atomic E-state index is 12.6. The first kappa shape index (κ1) is 14.0. The average molecular weight is 280 g/mol. The number of fused-ring (bicyclic) bond motifs is 3. The van der Waals surface area contributed by atoms with Gasteiger partial charge in [-0.3, -0.25) is 4.98 Å². The van der Waals surface area contributed by atoms with Gasteiger partial charge in [-0.05, 0) is 37.3 Å². The molecule has 0 saturated carbocycles. The number of carbonyl (C=O) groups excluding carboxylic acids is 1. The molecular weight excluding hydrogens is 260 g/mol. The van der Waals surface area contributed by atoms with Gasteiger partial charge < -0.3 is 4.79 Å². The summed E-state index contributed by atoms with van der Waals surface area (Å²) in [7, 11) is 0.